The van der Waals surface area contributed by atoms with E-state index in [9.17, 15) is 0 Å². The van der Waals surface area contributed by atoms with Gasteiger partial charge < -0.3 is 5.73 Å². The molecule has 10 heavy (non-hydrogen) atoms. The number of nitrogen functional groups attached to an aromatic ring is 1. The van der Waals surface area contributed by atoms with E-state index in [0.717, 1.165) is 9.08 Å². The first-order valence-corrected chi connectivity index (χ1v) is 3.85. The minimum atomic E-state index is 0. The second-order valence-electron chi connectivity index (χ2n) is 1.53. The topological polar surface area (TPSA) is 38.9 Å². The van der Waals surface area contributed by atoms with Gasteiger partial charge in [0, 0.05) is 6.20 Å². The average molecular weight is 288 g/mol. The zero-order chi connectivity index (χ0) is 6.85. The second-order valence-corrected chi connectivity index (χ2v) is 3.20. The summed E-state index contributed by atoms with van der Waals surface area (Å²) in [5, 5.41) is 0. The summed E-state index contributed by atoms with van der Waals surface area (Å²) in [6.45, 7) is 0. The number of halogens is 3. The van der Waals surface area contributed by atoms with Crippen molar-refractivity contribution in [2.45, 2.75) is 0 Å². The van der Waals surface area contributed by atoms with E-state index in [4.69, 9.17) is 5.73 Å². The first kappa shape index (κ1) is 10.2. The number of nitrogens with two attached hydrogens (primary N) is 1. The Balaban J connectivity index is 0.000000810. The standard InChI is InChI=1S/C5H4Br2N2.ClH/c6-3-2-9-5(7)1-4(3)8;/h1-2H,(H2,8,9);1H. The van der Waals surface area contributed by atoms with Gasteiger partial charge in [-0.25, -0.2) is 4.98 Å². The van der Waals surface area contributed by atoms with Crippen molar-refractivity contribution in [1.82, 2.24) is 4.98 Å². The molecular formula is C5H5Br2ClN2. The molecule has 0 saturated carbocycles. The third kappa shape index (κ3) is 2.44. The predicted molar refractivity (Wildman–Crippen MR) is 51.3 cm³/mol. The molecule has 0 unspecified atom stereocenters. The van der Waals surface area contributed by atoms with Gasteiger partial charge in [-0.15, -0.1) is 12.4 Å². The van der Waals surface area contributed by atoms with Crippen LogP contribution in [0.15, 0.2) is 21.3 Å². The molecule has 0 atom stereocenters. The minimum Gasteiger partial charge on any atom is -0.398 e. The summed E-state index contributed by atoms with van der Waals surface area (Å²) in [5.41, 5.74) is 6.20. The molecule has 1 rings (SSSR count). The summed E-state index contributed by atoms with van der Waals surface area (Å²) in [6, 6.07) is 1.74. The van der Waals surface area contributed by atoms with Gasteiger partial charge in [-0.3, -0.25) is 0 Å². The lowest BCUT2D eigenvalue weighted by atomic mass is 10.4. The molecule has 1 heterocycles. The molecule has 0 radical (unpaired) electrons. The number of rotatable bonds is 0. The molecule has 0 amide bonds. The number of hydrogen-bond donors (Lipinski definition) is 1. The van der Waals surface area contributed by atoms with Gasteiger partial charge in [-0.1, -0.05) is 0 Å². The lowest BCUT2D eigenvalue weighted by molar-refractivity contribution is 1.26. The van der Waals surface area contributed by atoms with Crippen molar-refractivity contribution < 1.29 is 0 Å². The highest BCUT2D eigenvalue weighted by molar-refractivity contribution is 9.11. The lowest BCUT2D eigenvalue weighted by Gasteiger charge is -1.94. The molecule has 0 aliphatic carbocycles. The Hall–Kier alpha value is 0.200. The zero-order valence-electron chi connectivity index (χ0n) is 4.84. The fourth-order valence-electron chi connectivity index (χ4n) is 0.427. The van der Waals surface area contributed by atoms with Crippen molar-refractivity contribution >= 4 is 50.0 Å². The van der Waals surface area contributed by atoms with E-state index in [-0.39, 0.29) is 12.4 Å². The van der Waals surface area contributed by atoms with Gasteiger partial charge in [0.2, 0.25) is 0 Å². The van der Waals surface area contributed by atoms with Crippen molar-refractivity contribution in [1.29, 1.82) is 0 Å². The van der Waals surface area contributed by atoms with Gasteiger partial charge in [0.15, 0.2) is 0 Å². The molecule has 1 aromatic heterocycles. The Labute approximate surface area is 81.9 Å². The summed E-state index contributed by atoms with van der Waals surface area (Å²) >= 11 is 6.41. The van der Waals surface area contributed by atoms with Crippen molar-refractivity contribution in [3.63, 3.8) is 0 Å². The highest BCUT2D eigenvalue weighted by Crippen LogP contribution is 2.20. The Morgan fingerprint density at radius 1 is 1.40 bits per heavy atom. The third-order valence-electron chi connectivity index (χ3n) is 0.852. The van der Waals surface area contributed by atoms with E-state index >= 15 is 0 Å². The smallest absolute Gasteiger partial charge is 0.108 e. The quantitative estimate of drug-likeness (QED) is 0.745. The molecule has 56 valence electrons. The average Bonchev–Trinajstić information content (AvgIpc) is 1.80. The van der Waals surface area contributed by atoms with E-state index in [2.05, 4.69) is 36.8 Å². The van der Waals surface area contributed by atoms with E-state index in [1.165, 1.54) is 0 Å². The zero-order valence-corrected chi connectivity index (χ0v) is 8.83. The minimum absolute atomic E-state index is 0. The SMILES string of the molecule is Cl.Nc1cc(Br)ncc1Br. The fourth-order valence-corrected chi connectivity index (χ4v) is 0.993. The van der Waals surface area contributed by atoms with Crippen LogP contribution in [0.5, 0.6) is 0 Å². The molecule has 0 aliphatic rings. The molecular weight excluding hydrogens is 283 g/mol. The van der Waals surface area contributed by atoms with Crippen molar-refractivity contribution in [2.24, 2.45) is 0 Å². The fraction of sp³-hybridized carbons (Fsp3) is 0. The Bertz CT molecular complexity index is 229. The van der Waals surface area contributed by atoms with Crippen molar-refractivity contribution in [2.75, 3.05) is 5.73 Å². The van der Waals surface area contributed by atoms with Crippen LogP contribution in [0, 0.1) is 0 Å². The number of nitrogens with zero attached hydrogens (tertiary/aromatic N) is 1. The van der Waals surface area contributed by atoms with Gasteiger partial charge in [-0.05, 0) is 37.9 Å². The molecule has 0 fully saturated rings. The van der Waals surface area contributed by atoms with Gasteiger partial charge in [0.05, 0.1) is 10.2 Å². The molecule has 5 heteroatoms. The molecule has 0 saturated heterocycles. The summed E-state index contributed by atoms with van der Waals surface area (Å²) in [5.74, 6) is 0. The normalized spacial score (nSPS) is 8.60. The molecule has 2 nitrogen and oxygen atoms in total. The van der Waals surface area contributed by atoms with Crippen LogP contribution in [0.3, 0.4) is 0 Å². The van der Waals surface area contributed by atoms with Crippen LogP contribution in [0.2, 0.25) is 0 Å². The maximum atomic E-state index is 5.50. The Morgan fingerprint density at radius 3 is 2.40 bits per heavy atom. The summed E-state index contributed by atoms with van der Waals surface area (Å²) in [4.78, 5) is 3.93. The molecule has 0 aromatic carbocycles. The van der Waals surface area contributed by atoms with E-state index < -0.39 is 0 Å². The van der Waals surface area contributed by atoms with Crippen LogP contribution in [0.4, 0.5) is 5.69 Å². The molecule has 0 bridgehead atoms. The summed E-state index contributed by atoms with van der Waals surface area (Å²) in [6.07, 6.45) is 1.65. The van der Waals surface area contributed by atoms with Gasteiger partial charge in [0.25, 0.3) is 0 Å². The Kier molecular flexibility index (Phi) is 4.24. The molecule has 0 spiro atoms. The maximum Gasteiger partial charge on any atom is 0.108 e. The second kappa shape index (κ2) is 4.16. The van der Waals surface area contributed by atoms with Gasteiger partial charge in [-0.2, -0.15) is 0 Å². The van der Waals surface area contributed by atoms with Crippen LogP contribution in [0.25, 0.3) is 0 Å². The first-order valence-electron chi connectivity index (χ1n) is 2.26. The number of pyridine rings is 1. The number of aromatic nitrogens is 1. The predicted octanol–water partition coefficient (Wildman–Crippen LogP) is 2.61. The molecule has 2 N–H and O–H groups in total. The number of hydrogen-bond acceptors (Lipinski definition) is 2. The highest BCUT2D eigenvalue weighted by Gasteiger charge is 1.94. The van der Waals surface area contributed by atoms with Crippen LogP contribution < -0.4 is 5.73 Å². The summed E-state index contributed by atoms with van der Waals surface area (Å²) < 4.78 is 1.58. The lowest BCUT2D eigenvalue weighted by Crippen LogP contribution is -1.87. The van der Waals surface area contributed by atoms with Crippen molar-refractivity contribution in [3.8, 4) is 0 Å². The highest BCUT2D eigenvalue weighted by atomic mass is 79.9. The molecule has 0 aliphatic heterocycles. The van der Waals surface area contributed by atoms with Crippen molar-refractivity contribution in [3.05, 3.63) is 21.3 Å². The maximum absolute atomic E-state index is 5.50. The monoisotopic (exact) mass is 286 g/mol. The van der Waals surface area contributed by atoms with Gasteiger partial charge in [0.1, 0.15) is 4.60 Å². The largest absolute Gasteiger partial charge is 0.398 e. The van der Waals surface area contributed by atoms with Crippen LogP contribution in [-0.4, -0.2) is 4.98 Å². The third-order valence-corrected chi connectivity index (χ3v) is 1.95. The Morgan fingerprint density at radius 2 is 2.00 bits per heavy atom. The number of anilines is 1. The van der Waals surface area contributed by atoms with Crippen LogP contribution in [0.1, 0.15) is 0 Å². The van der Waals surface area contributed by atoms with E-state index in [1.807, 2.05) is 0 Å². The van der Waals surface area contributed by atoms with Gasteiger partial charge >= 0.3 is 0 Å². The summed E-state index contributed by atoms with van der Waals surface area (Å²) in [7, 11) is 0. The molecule has 1 aromatic rings. The van der Waals surface area contributed by atoms with Crippen LogP contribution >= 0.6 is 44.3 Å². The van der Waals surface area contributed by atoms with Crippen LogP contribution in [-0.2, 0) is 0 Å². The first-order chi connectivity index (χ1) is 4.20. The van der Waals surface area contributed by atoms with E-state index in [1.54, 1.807) is 12.3 Å². The van der Waals surface area contributed by atoms with E-state index in [0.29, 0.717) is 5.69 Å².